The van der Waals surface area contributed by atoms with Crippen molar-refractivity contribution < 1.29 is 9.53 Å². The van der Waals surface area contributed by atoms with E-state index in [1.165, 1.54) is 0 Å². The Kier molecular flexibility index (Phi) is 5.19. The first kappa shape index (κ1) is 14.5. The van der Waals surface area contributed by atoms with Crippen LogP contribution in [0.1, 0.15) is 49.9 Å². The second-order valence-corrected chi connectivity index (χ2v) is 4.41. The third-order valence-electron chi connectivity index (χ3n) is 3.26. The summed E-state index contributed by atoms with van der Waals surface area (Å²) in [6, 6.07) is 0. The Balaban J connectivity index is 2.97. The van der Waals surface area contributed by atoms with Gasteiger partial charge in [0.2, 0.25) is 0 Å². The standard InChI is InChI=1S/C13H23N3O2/c1-5-10(6-2)8-16-9(4)15-11(12(16)14)13(17)18-7-3/h10H,5-8,14H2,1-4H3. The van der Waals surface area contributed by atoms with Crippen molar-refractivity contribution in [1.29, 1.82) is 0 Å². The van der Waals surface area contributed by atoms with Gasteiger partial charge in [-0.1, -0.05) is 26.7 Å². The largest absolute Gasteiger partial charge is 0.461 e. The Morgan fingerprint density at radius 1 is 1.39 bits per heavy atom. The fourth-order valence-corrected chi connectivity index (χ4v) is 1.97. The number of carbonyl (C=O) groups excluding carboxylic acids is 1. The Morgan fingerprint density at radius 2 is 2.00 bits per heavy atom. The van der Waals surface area contributed by atoms with Gasteiger partial charge in [0, 0.05) is 6.54 Å². The van der Waals surface area contributed by atoms with Gasteiger partial charge >= 0.3 is 5.97 Å². The lowest BCUT2D eigenvalue weighted by Gasteiger charge is -2.15. The number of nitrogens with two attached hydrogens (primary N) is 1. The molecule has 1 rings (SSSR count). The summed E-state index contributed by atoms with van der Waals surface area (Å²) >= 11 is 0. The predicted molar refractivity (Wildman–Crippen MR) is 71.4 cm³/mol. The molecule has 0 unspecified atom stereocenters. The molecule has 0 aliphatic rings. The summed E-state index contributed by atoms with van der Waals surface area (Å²) in [5.74, 6) is 1.29. The van der Waals surface area contributed by atoms with Crippen molar-refractivity contribution in [2.45, 2.75) is 47.1 Å². The molecule has 5 heteroatoms. The molecule has 102 valence electrons. The van der Waals surface area contributed by atoms with Crippen molar-refractivity contribution in [3.63, 3.8) is 0 Å². The molecule has 1 aromatic rings. The summed E-state index contributed by atoms with van der Waals surface area (Å²) in [4.78, 5) is 15.9. The third kappa shape index (κ3) is 3.03. The molecule has 0 saturated heterocycles. The van der Waals surface area contributed by atoms with E-state index in [9.17, 15) is 4.79 Å². The fourth-order valence-electron chi connectivity index (χ4n) is 1.97. The van der Waals surface area contributed by atoms with Crippen molar-refractivity contribution in [2.24, 2.45) is 5.92 Å². The van der Waals surface area contributed by atoms with Crippen LogP contribution in [-0.2, 0) is 11.3 Å². The fraction of sp³-hybridized carbons (Fsp3) is 0.692. The molecule has 0 spiro atoms. The first-order valence-corrected chi connectivity index (χ1v) is 6.54. The van der Waals surface area contributed by atoms with E-state index in [-0.39, 0.29) is 5.69 Å². The first-order valence-electron chi connectivity index (χ1n) is 6.54. The number of esters is 1. The number of anilines is 1. The van der Waals surface area contributed by atoms with Gasteiger partial charge in [-0.15, -0.1) is 0 Å². The number of nitrogen functional groups attached to an aromatic ring is 1. The first-order chi connectivity index (χ1) is 8.54. The summed E-state index contributed by atoms with van der Waals surface area (Å²) in [7, 11) is 0. The van der Waals surface area contributed by atoms with Crippen LogP contribution in [0, 0.1) is 12.8 Å². The summed E-state index contributed by atoms with van der Waals surface area (Å²) in [5.41, 5.74) is 6.23. The number of aryl methyl sites for hydroxylation is 1. The summed E-state index contributed by atoms with van der Waals surface area (Å²) in [5, 5.41) is 0. The Morgan fingerprint density at radius 3 is 2.50 bits per heavy atom. The van der Waals surface area contributed by atoms with Gasteiger partial charge in [0.1, 0.15) is 11.6 Å². The molecule has 0 saturated carbocycles. The lowest BCUT2D eigenvalue weighted by Crippen LogP contribution is -2.14. The molecule has 0 amide bonds. The van der Waals surface area contributed by atoms with E-state index in [4.69, 9.17) is 10.5 Å². The normalized spacial score (nSPS) is 10.9. The van der Waals surface area contributed by atoms with E-state index < -0.39 is 5.97 Å². The maximum Gasteiger partial charge on any atom is 0.360 e. The number of carbonyl (C=O) groups is 1. The minimum atomic E-state index is -0.443. The van der Waals surface area contributed by atoms with E-state index >= 15 is 0 Å². The Bertz CT molecular complexity index is 409. The van der Waals surface area contributed by atoms with Gasteiger partial charge in [0.05, 0.1) is 6.61 Å². The molecule has 0 aliphatic carbocycles. The average Bonchev–Trinajstić information content (AvgIpc) is 2.63. The quantitative estimate of drug-likeness (QED) is 0.790. The van der Waals surface area contributed by atoms with E-state index in [1.54, 1.807) is 6.92 Å². The molecule has 5 nitrogen and oxygen atoms in total. The van der Waals surface area contributed by atoms with Gasteiger partial charge in [-0.3, -0.25) is 0 Å². The van der Waals surface area contributed by atoms with Crippen LogP contribution in [0.15, 0.2) is 0 Å². The van der Waals surface area contributed by atoms with Crippen LogP contribution in [0.5, 0.6) is 0 Å². The average molecular weight is 253 g/mol. The molecule has 0 fully saturated rings. The lowest BCUT2D eigenvalue weighted by atomic mass is 10.0. The topological polar surface area (TPSA) is 70.1 Å². The second-order valence-electron chi connectivity index (χ2n) is 4.41. The number of hydrogen-bond acceptors (Lipinski definition) is 4. The van der Waals surface area contributed by atoms with E-state index in [0.717, 1.165) is 25.2 Å². The highest BCUT2D eigenvalue weighted by Gasteiger charge is 2.20. The van der Waals surface area contributed by atoms with Gasteiger partial charge in [0.15, 0.2) is 5.69 Å². The molecular formula is C13H23N3O2. The highest BCUT2D eigenvalue weighted by atomic mass is 16.5. The van der Waals surface area contributed by atoms with Crippen LogP contribution in [-0.4, -0.2) is 22.1 Å². The second kappa shape index (κ2) is 6.42. The number of ether oxygens (including phenoxy) is 1. The molecule has 0 bridgehead atoms. The van der Waals surface area contributed by atoms with Gasteiger partial charge < -0.3 is 15.0 Å². The zero-order valence-corrected chi connectivity index (χ0v) is 11.7. The zero-order chi connectivity index (χ0) is 13.7. The maximum absolute atomic E-state index is 11.7. The summed E-state index contributed by atoms with van der Waals surface area (Å²) < 4.78 is 6.85. The third-order valence-corrected chi connectivity index (χ3v) is 3.26. The molecule has 0 aromatic carbocycles. The predicted octanol–water partition coefficient (Wildman–Crippen LogP) is 2.39. The van der Waals surface area contributed by atoms with Crippen molar-refractivity contribution in [3.05, 3.63) is 11.5 Å². The molecule has 1 heterocycles. The van der Waals surface area contributed by atoms with Gasteiger partial charge in [0.25, 0.3) is 0 Å². The number of rotatable bonds is 6. The van der Waals surface area contributed by atoms with Crippen LogP contribution >= 0.6 is 0 Å². The Labute approximate surface area is 108 Å². The van der Waals surface area contributed by atoms with Crippen LogP contribution in [0.4, 0.5) is 5.82 Å². The van der Waals surface area contributed by atoms with Gasteiger partial charge in [-0.2, -0.15) is 0 Å². The molecule has 0 radical (unpaired) electrons. The van der Waals surface area contributed by atoms with E-state index in [1.807, 2.05) is 11.5 Å². The Hall–Kier alpha value is -1.52. The molecule has 1 aromatic heterocycles. The highest BCUT2D eigenvalue weighted by molar-refractivity contribution is 5.92. The monoisotopic (exact) mass is 253 g/mol. The lowest BCUT2D eigenvalue weighted by molar-refractivity contribution is 0.0521. The molecular weight excluding hydrogens is 230 g/mol. The number of nitrogens with zero attached hydrogens (tertiary/aromatic N) is 2. The van der Waals surface area contributed by atoms with Gasteiger partial charge in [-0.05, 0) is 19.8 Å². The molecule has 18 heavy (non-hydrogen) atoms. The van der Waals surface area contributed by atoms with Crippen molar-refractivity contribution in [1.82, 2.24) is 9.55 Å². The van der Waals surface area contributed by atoms with E-state index in [0.29, 0.717) is 18.3 Å². The van der Waals surface area contributed by atoms with Crippen LogP contribution in [0.2, 0.25) is 0 Å². The van der Waals surface area contributed by atoms with E-state index in [2.05, 4.69) is 18.8 Å². The molecule has 0 atom stereocenters. The minimum absolute atomic E-state index is 0.236. The zero-order valence-electron chi connectivity index (χ0n) is 11.7. The maximum atomic E-state index is 11.7. The van der Waals surface area contributed by atoms with Crippen LogP contribution in [0.3, 0.4) is 0 Å². The number of aromatic nitrogens is 2. The minimum Gasteiger partial charge on any atom is -0.461 e. The van der Waals surface area contributed by atoms with Crippen molar-refractivity contribution in [3.8, 4) is 0 Å². The SMILES string of the molecule is CCOC(=O)c1nc(C)n(CC(CC)CC)c1N. The van der Waals surface area contributed by atoms with Crippen LogP contribution in [0.25, 0.3) is 0 Å². The van der Waals surface area contributed by atoms with Crippen LogP contribution < -0.4 is 5.73 Å². The van der Waals surface area contributed by atoms with Gasteiger partial charge in [-0.25, -0.2) is 9.78 Å². The summed E-state index contributed by atoms with van der Waals surface area (Å²) in [6.07, 6.45) is 2.17. The smallest absolute Gasteiger partial charge is 0.360 e. The van der Waals surface area contributed by atoms with Crippen molar-refractivity contribution in [2.75, 3.05) is 12.3 Å². The molecule has 2 N–H and O–H groups in total. The molecule has 0 aliphatic heterocycles. The number of imidazole rings is 1. The summed E-state index contributed by atoms with van der Waals surface area (Å²) in [6.45, 7) is 9.07. The highest BCUT2D eigenvalue weighted by Crippen LogP contribution is 2.19. The van der Waals surface area contributed by atoms with Crippen molar-refractivity contribution >= 4 is 11.8 Å². The number of hydrogen-bond donors (Lipinski definition) is 1.